The topological polar surface area (TPSA) is 43.8 Å². The van der Waals surface area contributed by atoms with E-state index in [9.17, 15) is 13.2 Å². The van der Waals surface area contributed by atoms with Crippen LogP contribution < -0.4 is 5.73 Å². The van der Waals surface area contributed by atoms with Crippen molar-refractivity contribution in [3.8, 4) is 5.69 Å². The first-order chi connectivity index (χ1) is 9.88. The number of rotatable bonds is 1. The van der Waals surface area contributed by atoms with Crippen LogP contribution in [0.3, 0.4) is 0 Å². The zero-order valence-electron chi connectivity index (χ0n) is 10.8. The minimum Gasteiger partial charge on any atom is -0.369 e. The molecule has 0 unspecified atom stereocenters. The molecule has 1 aromatic heterocycles. The van der Waals surface area contributed by atoms with Gasteiger partial charge in [0.25, 0.3) is 0 Å². The van der Waals surface area contributed by atoms with Gasteiger partial charge in [0.1, 0.15) is 17.2 Å². The van der Waals surface area contributed by atoms with Gasteiger partial charge in [-0.3, -0.25) is 4.57 Å². The summed E-state index contributed by atoms with van der Waals surface area (Å²) >= 11 is 3.09. The molecule has 0 aliphatic carbocycles. The molecule has 108 valence electrons. The average Bonchev–Trinajstić information content (AvgIpc) is 2.71. The van der Waals surface area contributed by atoms with Crippen LogP contribution in [0.5, 0.6) is 0 Å². The maximum atomic E-state index is 13.8. The lowest BCUT2D eigenvalue weighted by atomic mass is 10.2. The molecule has 0 radical (unpaired) electrons. The molecular formula is C14H9BrF3N3. The maximum absolute atomic E-state index is 13.8. The Labute approximate surface area is 126 Å². The summed E-state index contributed by atoms with van der Waals surface area (Å²) < 4.78 is 42.3. The summed E-state index contributed by atoms with van der Waals surface area (Å²) in [6.45, 7) is 1.67. The molecule has 2 N–H and O–H groups in total. The van der Waals surface area contributed by atoms with Crippen molar-refractivity contribution < 1.29 is 13.2 Å². The van der Waals surface area contributed by atoms with Gasteiger partial charge in [-0.15, -0.1) is 0 Å². The van der Waals surface area contributed by atoms with E-state index in [2.05, 4.69) is 20.9 Å². The van der Waals surface area contributed by atoms with Crippen LogP contribution in [0.25, 0.3) is 16.7 Å². The molecule has 7 heteroatoms. The third-order valence-electron chi connectivity index (χ3n) is 3.18. The molecule has 0 saturated carbocycles. The van der Waals surface area contributed by atoms with Gasteiger partial charge in [0.15, 0.2) is 5.82 Å². The number of nitrogens with zero attached hydrogens (tertiary/aromatic N) is 2. The molecule has 3 rings (SSSR count). The maximum Gasteiger partial charge on any atom is 0.206 e. The summed E-state index contributed by atoms with van der Waals surface area (Å²) in [5.74, 6) is -1.97. The lowest BCUT2D eigenvalue weighted by Gasteiger charge is -2.11. The van der Waals surface area contributed by atoms with Gasteiger partial charge in [-0.05, 0) is 40.5 Å². The molecule has 1 heterocycles. The van der Waals surface area contributed by atoms with Crippen LogP contribution in [-0.4, -0.2) is 9.55 Å². The molecule has 3 aromatic rings. The van der Waals surface area contributed by atoms with Crippen molar-refractivity contribution in [2.45, 2.75) is 6.92 Å². The van der Waals surface area contributed by atoms with Gasteiger partial charge in [0.05, 0.1) is 15.7 Å². The second-order valence-corrected chi connectivity index (χ2v) is 5.47. The van der Waals surface area contributed by atoms with Crippen LogP contribution in [0.1, 0.15) is 5.56 Å². The Kier molecular flexibility index (Phi) is 3.16. The van der Waals surface area contributed by atoms with E-state index in [1.54, 1.807) is 6.92 Å². The van der Waals surface area contributed by atoms with Crippen LogP contribution in [0.15, 0.2) is 28.7 Å². The zero-order valence-corrected chi connectivity index (χ0v) is 12.4. The second-order valence-electron chi connectivity index (χ2n) is 4.61. The standard InChI is InChI=1S/C14H9BrF3N3/c1-6-2-9(17)8(15)5-11(6)21-12-4-7(16)3-10(18)13(12)20-14(21)19/h2-5H,1H3,(H2,19,20). The van der Waals surface area contributed by atoms with E-state index in [0.29, 0.717) is 11.3 Å². The highest BCUT2D eigenvalue weighted by molar-refractivity contribution is 9.10. The Morgan fingerprint density at radius 2 is 1.81 bits per heavy atom. The predicted molar refractivity (Wildman–Crippen MR) is 77.8 cm³/mol. The van der Waals surface area contributed by atoms with Crippen molar-refractivity contribution in [3.63, 3.8) is 0 Å². The third-order valence-corrected chi connectivity index (χ3v) is 3.79. The first-order valence-electron chi connectivity index (χ1n) is 5.97. The summed E-state index contributed by atoms with van der Waals surface area (Å²) in [6, 6.07) is 4.68. The molecule has 0 bridgehead atoms. The highest BCUT2D eigenvalue weighted by Gasteiger charge is 2.17. The van der Waals surface area contributed by atoms with E-state index in [1.165, 1.54) is 16.7 Å². The Morgan fingerprint density at radius 1 is 1.10 bits per heavy atom. The highest BCUT2D eigenvalue weighted by Crippen LogP contribution is 2.30. The van der Waals surface area contributed by atoms with Crippen molar-refractivity contribution in [2.75, 3.05) is 5.73 Å². The number of nitrogen functional groups attached to an aromatic ring is 1. The largest absolute Gasteiger partial charge is 0.369 e. The van der Waals surface area contributed by atoms with Crippen molar-refractivity contribution in [3.05, 3.63) is 51.8 Å². The fraction of sp³-hybridized carbons (Fsp3) is 0.0714. The third kappa shape index (κ3) is 2.17. The first-order valence-corrected chi connectivity index (χ1v) is 6.77. The number of benzene rings is 2. The zero-order chi connectivity index (χ0) is 15.3. The Hall–Kier alpha value is -2.02. The van der Waals surface area contributed by atoms with Gasteiger partial charge in [0.2, 0.25) is 5.95 Å². The predicted octanol–water partition coefficient (Wildman–Crippen LogP) is 4.10. The van der Waals surface area contributed by atoms with Crippen LogP contribution in [0, 0.1) is 24.4 Å². The van der Waals surface area contributed by atoms with Gasteiger partial charge in [-0.1, -0.05) is 0 Å². The van der Waals surface area contributed by atoms with Crippen molar-refractivity contribution in [2.24, 2.45) is 0 Å². The molecule has 2 aromatic carbocycles. The van der Waals surface area contributed by atoms with Gasteiger partial charge in [0, 0.05) is 12.1 Å². The Balaban J connectivity index is 2.40. The summed E-state index contributed by atoms with van der Waals surface area (Å²) in [4.78, 5) is 3.91. The molecule has 0 aliphatic heterocycles. The second kappa shape index (κ2) is 4.77. The SMILES string of the molecule is Cc1cc(F)c(Br)cc1-n1c(N)nc2c(F)cc(F)cc21. The van der Waals surface area contributed by atoms with Crippen LogP contribution in [0.4, 0.5) is 19.1 Å². The molecule has 0 amide bonds. The summed E-state index contributed by atoms with van der Waals surface area (Å²) in [5.41, 5.74) is 7.02. The number of nitrogens with two attached hydrogens (primary N) is 1. The van der Waals surface area contributed by atoms with E-state index < -0.39 is 17.5 Å². The minimum absolute atomic E-state index is 0.00360. The molecule has 3 nitrogen and oxygen atoms in total. The number of fused-ring (bicyclic) bond motifs is 1. The van der Waals surface area contributed by atoms with Crippen LogP contribution in [-0.2, 0) is 0 Å². The van der Waals surface area contributed by atoms with E-state index in [0.717, 1.165) is 12.1 Å². The molecule has 21 heavy (non-hydrogen) atoms. The average molecular weight is 356 g/mol. The molecule has 0 saturated heterocycles. The van der Waals surface area contributed by atoms with Crippen LogP contribution >= 0.6 is 15.9 Å². The van der Waals surface area contributed by atoms with E-state index in [-0.39, 0.29) is 21.5 Å². The van der Waals surface area contributed by atoms with Gasteiger partial charge in [-0.2, -0.15) is 0 Å². The van der Waals surface area contributed by atoms with Crippen molar-refractivity contribution >= 4 is 32.9 Å². The number of halogens is 4. The number of aromatic nitrogens is 2. The van der Waals surface area contributed by atoms with Crippen LogP contribution in [0.2, 0.25) is 0 Å². The fourth-order valence-corrected chi connectivity index (χ4v) is 2.58. The Bertz CT molecular complexity index is 874. The molecular weight excluding hydrogens is 347 g/mol. The molecule has 0 spiro atoms. The summed E-state index contributed by atoms with van der Waals surface area (Å²) in [6.07, 6.45) is 0. The Morgan fingerprint density at radius 3 is 2.52 bits per heavy atom. The molecule has 0 aliphatic rings. The number of imidazole rings is 1. The van der Waals surface area contributed by atoms with Gasteiger partial charge in [-0.25, -0.2) is 18.2 Å². The minimum atomic E-state index is -0.797. The number of anilines is 1. The van der Waals surface area contributed by atoms with E-state index in [1.807, 2.05) is 0 Å². The highest BCUT2D eigenvalue weighted by atomic mass is 79.9. The lowest BCUT2D eigenvalue weighted by Crippen LogP contribution is -2.03. The smallest absolute Gasteiger partial charge is 0.206 e. The summed E-state index contributed by atoms with van der Waals surface area (Å²) in [5, 5.41) is 0. The van der Waals surface area contributed by atoms with Crippen molar-refractivity contribution in [1.29, 1.82) is 0 Å². The normalized spacial score (nSPS) is 11.3. The van der Waals surface area contributed by atoms with Gasteiger partial charge < -0.3 is 5.73 Å². The molecule has 0 fully saturated rings. The van der Waals surface area contributed by atoms with Gasteiger partial charge >= 0.3 is 0 Å². The van der Waals surface area contributed by atoms with E-state index in [4.69, 9.17) is 5.73 Å². The lowest BCUT2D eigenvalue weighted by molar-refractivity contribution is 0.590. The monoisotopic (exact) mass is 355 g/mol. The van der Waals surface area contributed by atoms with Crippen molar-refractivity contribution in [1.82, 2.24) is 9.55 Å². The summed E-state index contributed by atoms with van der Waals surface area (Å²) in [7, 11) is 0. The van der Waals surface area contributed by atoms with E-state index >= 15 is 0 Å². The fourth-order valence-electron chi connectivity index (χ4n) is 2.25. The quantitative estimate of drug-likeness (QED) is 0.714. The number of aryl methyl sites for hydroxylation is 1. The first kappa shape index (κ1) is 13.9. The number of hydrogen-bond acceptors (Lipinski definition) is 2. The molecule has 0 atom stereocenters. The number of hydrogen-bond donors (Lipinski definition) is 1.